The molecule has 2 aromatic rings. The third-order valence-corrected chi connectivity index (χ3v) is 5.31. The maximum absolute atomic E-state index is 12.7. The number of rotatable bonds is 5. The van der Waals surface area contributed by atoms with Crippen molar-refractivity contribution in [3.05, 3.63) is 45.7 Å². The Bertz CT molecular complexity index is 922. The van der Waals surface area contributed by atoms with E-state index in [2.05, 4.69) is 10.4 Å². The monoisotopic (exact) mass is 370 g/mol. The maximum atomic E-state index is 12.7. The smallest absolute Gasteiger partial charge is 0.270 e. The van der Waals surface area contributed by atoms with Gasteiger partial charge in [0.15, 0.2) is 6.61 Å². The van der Waals surface area contributed by atoms with Crippen molar-refractivity contribution in [3.8, 4) is 5.75 Å². The Balaban J connectivity index is 1.66. The van der Waals surface area contributed by atoms with Gasteiger partial charge in [0.25, 0.3) is 11.5 Å². The Kier molecular flexibility index (Phi) is 4.47. The van der Waals surface area contributed by atoms with Gasteiger partial charge in [-0.3, -0.25) is 24.2 Å². The summed E-state index contributed by atoms with van der Waals surface area (Å²) in [6.45, 7) is -0.195. The molecule has 1 aliphatic heterocycles. The fourth-order valence-corrected chi connectivity index (χ4v) is 4.06. The van der Waals surface area contributed by atoms with E-state index >= 15 is 0 Å². The highest BCUT2D eigenvalue weighted by atomic mass is 16.5. The summed E-state index contributed by atoms with van der Waals surface area (Å²) < 4.78 is 7.12. The Morgan fingerprint density at radius 3 is 2.56 bits per heavy atom. The first-order valence-corrected chi connectivity index (χ1v) is 9.18. The van der Waals surface area contributed by atoms with Crippen LogP contribution in [0.2, 0.25) is 0 Å². The third-order valence-electron chi connectivity index (χ3n) is 5.31. The number of fused-ring (bicyclic) bond motifs is 1. The van der Waals surface area contributed by atoms with Crippen LogP contribution in [0.1, 0.15) is 55.2 Å². The molecule has 27 heavy (non-hydrogen) atoms. The number of amides is 2. The van der Waals surface area contributed by atoms with Crippen molar-refractivity contribution >= 4 is 17.6 Å². The molecule has 1 atom stereocenters. The summed E-state index contributed by atoms with van der Waals surface area (Å²) in [5, 5.41) is 5.82. The molecule has 2 aliphatic rings. The van der Waals surface area contributed by atoms with Gasteiger partial charge in [-0.2, -0.15) is 0 Å². The van der Waals surface area contributed by atoms with E-state index < -0.39 is 5.91 Å². The van der Waals surface area contributed by atoms with E-state index in [-0.39, 0.29) is 36.5 Å². The molecule has 2 amide bonds. The minimum Gasteiger partial charge on any atom is -0.484 e. The number of primary amides is 1. The van der Waals surface area contributed by atoms with Gasteiger partial charge in [-0.25, -0.2) is 0 Å². The van der Waals surface area contributed by atoms with Crippen LogP contribution in [0.25, 0.3) is 0 Å². The molecule has 2 heterocycles. The van der Waals surface area contributed by atoms with Crippen molar-refractivity contribution in [3.63, 3.8) is 0 Å². The Hall–Kier alpha value is -3.03. The number of nitrogens with zero attached hydrogens (tertiary/aromatic N) is 1. The van der Waals surface area contributed by atoms with Gasteiger partial charge in [-0.1, -0.05) is 25.0 Å². The SMILES string of the molecule is NC(=O)COc1ccc([C@H]2CC(=O)Nc3c2c(=O)[nH]n3C2CCCC2)cc1. The van der Waals surface area contributed by atoms with Gasteiger partial charge in [0, 0.05) is 12.3 Å². The zero-order chi connectivity index (χ0) is 19.0. The number of aromatic nitrogens is 2. The summed E-state index contributed by atoms with van der Waals surface area (Å²) in [7, 11) is 0. The first-order chi connectivity index (χ1) is 13.0. The Morgan fingerprint density at radius 1 is 1.19 bits per heavy atom. The number of ether oxygens (including phenoxy) is 1. The maximum Gasteiger partial charge on any atom is 0.270 e. The average molecular weight is 370 g/mol. The molecule has 1 aromatic carbocycles. The first-order valence-electron chi connectivity index (χ1n) is 9.18. The van der Waals surface area contributed by atoms with Crippen LogP contribution >= 0.6 is 0 Å². The Labute approximate surface area is 155 Å². The Morgan fingerprint density at radius 2 is 1.89 bits per heavy atom. The summed E-state index contributed by atoms with van der Waals surface area (Å²) in [6.07, 6.45) is 4.48. The lowest BCUT2D eigenvalue weighted by molar-refractivity contribution is -0.120. The van der Waals surface area contributed by atoms with E-state index in [0.29, 0.717) is 17.1 Å². The summed E-state index contributed by atoms with van der Waals surface area (Å²) in [4.78, 5) is 35.8. The number of hydrogen-bond donors (Lipinski definition) is 3. The van der Waals surface area contributed by atoms with Crippen LogP contribution in [0.5, 0.6) is 5.75 Å². The lowest BCUT2D eigenvalue weighted by atomic mass is 9.87. The molecule has 142 valence electrons. The van der Waals surface area contributed by atoms with Crippen LogP contribution in [0.4, 0.5) is 5.82 Å². The molecule has 8 heteroatoms. The summed E-state index contributed by atoms with van der Waals surface area (Å²) in [6, 6.07) is 7.29. The van der Waals surface area contributed by atoms with Gasteiger partial charge in [0.2, 0.25) is 5.91 Å². The molecule has 4 rings (SSSR count). The quantitative estimate of drug-likeness (QED) is 0.741. The molecule has 0 unspecified atom stereocenters. The zero-order valence-electron chi connectivity index (χ0n) is 14.9. The number of hydrogen-bond acceptors (Lipinski definition) is 4. The van der Waals surface area contributed by atoms with Gasteiger partial charge in [0.1, 0.15) is 11.6 Å². The molecular weight excluding hydrogens is 348 g/mol. The number of aromatic amines is 1. The molecule has 0 spiro atoms. The number of nitrogens with one attached hydrogen (secondary N) is 2. The van der Waals surface area contributed by atoms with Gasteiger partial charge in [-0.05, 0) is 30.5 Å². The second kappa shape index (κ2) is 6.94. The highest BCUT2D eigenvalue weighted by Crippen LogP contribution is 2.39. The van der Waals surface area contributed by atoms with Gasteiger partial charge in [-0.15, -0.1) is 0 Å². The van der Waals surface area contributed by atoms with Crippen molar-refractivity contribution in [2.24, 2.45) is 5.73 Å². The van der Waals surface area contributed by atoms with Crippen LogP contribution in [-0.4, -0.2) is 28.2 Å². The molecule has 1 saturated carbocycles. The minimum absolute atomic E-state index is 0.104. The molecule has 0 saturated heterocycles. The van der Waals surface area contributed by atoms with Gasteiger partial charge in [0.05, 0.1) is 11.6 Å². The fourth-order valence-electron chi connectivity index (χ4n) is 4.06. The predicted molar refractivity (Wildman–Crippen MR) is 98.8 cm³/mol. The van der Waals surface area contributed by atoms with Crippen molar-refractivity contribution in [2.45, 2.75) is 44.1 Å². The fraction of sp³-hybridized carbons (Fsp3) is 0.421. The van der Waals surface area contributed by atoms with E-state index in [4.69, 9.17) is 10.5 Å². The van der Waals surface area contributed by atoms with Crippen molar-refractivity contribution < 1.29 is 14.3 Å². The topological polar surface area (TPSA) is 119 Å². The normalized spacial score (nSPS) is 19.6. The zero-order valence-corrected chi connectivity index (χ0v) is 14.9. The largest absolute Gasteiger partial charge is 0.484 e. The van der Waals surface area contributed by atoms with Gasteiger partial charge >= 0.3 is 0 Å². The van der Waals surface area contributed by atoms with Crippen LogP contribution < -0.4 is 21.3 Å². The molecule has 0 bridgehead atoms. The average Bonchev–Trinajstić information content (AvgIpc) is 3.28. The number of benzene rings is 1. The lowest BCUT2D eigenvalue weighted by Crippen LogP contribution is -2.27. The standard InChI is InChI=1S/C19H22N4O4/c20-15(24)10-27-13-7-5-11(6-8-13)14-9-16(25)21-18-17(14)19(26)22-23(18)12-3-1-2-4-12/h5-8,12,14H,1-4,9-10H2,(H2,20,24)(H,21,25)(H,22,26)/t14-/m1/s1. The molecule has 1 fully saturated rings. The second-order valence-electron chi connectivity index (χ2n) is 7.14. The molecule has 4 N–H and O–H groups in total. The highest BCUT2D eigenvalue weighted by Gasteiger charge is 2.34. The van der Waals surface area contributed by atoms with E-state index in [9.17, 15) is 14.4 Å². The first kappa shape index (κ1) is 17.4. The number of carbonyl (C=O) groups excluding carboxylic acids is 2. The summed E-state index contributed by atoms with van der Waals surface area (Å²) >= 11 is 0. The van der Waals surface area contributed by atoms with Crippen LogP contribution in [0, 0.1) is 0 Å². The van der Waals surface area contributed by atoms with E-state index in [0.717, 1.165) is 31.2 Å². The molecule has 0 radical (unpaired) electrons. The van der Waals surface area contributed by atoms with Crippen molar-refractivity contribution in [2.75, 3.05) is 11.9 Å². The van der Waals surface area contributed by atoms with Crippen molar-refractivity contribution in [1.82, 2.24) is 9.78 Å². The van der Waals surface area contributed by atoms with Crippen LogP contribution in [0.15, 0.2) is 29.1 Å². The second-order valence-corrected chi connectivity index (χ2v) is 7.14. The lowest BCUT2D eigenvalue weighted by Gasteiger charge is -2.25. The number of anilines is 1. The number of nitrogens with two attached hydrogens (primary N) is 1. The van der Waals surface area contributed by atoms with Crippen LogP contribution in [0.3, 0.4) is 0 Å². The van der Waals surface area contributed by atoms with E-state index in [1.54, 1.807) is 12.1 Å². The number of H-pyrrole nitrogens is 1. The van der Waals surface area contributed by atoms with E-state index in [1.807, 2.05) is 16.8 Å². The summed E-state index contributed by atoms with van der Waals surface area (Å²) in [5.41, 5.74) is 6.38. The molecule has 1 aliphatic carbocycles. The number of carbonyl (C=O) groups is 2. The van der Waals surface area contributed by atoms with Gasteiger partial charge < -0.3 is 15.8 Å². The third kappa shape index (κ3) is 3.34. The summed E-state index contributed by atoms with van der Waals surface area (Å²) in [5.74, 6) is 0.141. The predicted octanol–water partition coefficient (Wildman–Crippen LogP) is 1.63. The highest BCUT2D eigenvalue weighted by molar-refractivity contribution is 5.94. The molecular formula is C19H22N4O4. The minimum atomic E-state index is -0.549. The molecule has 8 nitrogen and oxygen atoms in total. The van der Waals surface area contributed by atoms with E-state index in [1.165, 1.54) is 0 Å². The van der Waals surface area contributed by atoms with Crippen LogP contribution in [-0.2, 0) is 9.59 Å². The molecule has 1 aromatic heterocycles. The van der Waals surface area contributed by atoms with Crippen molar-refractivity contribution in [1.29, 1.82) is 0 Å².